The molecular weight excluding hydrogens is 242 g/mol. The van der Waals surface area contributed by atoms with Gasteiger partial charge in [0.2, 0.25) is 0 Å². The number of nitrogens with zero attached hydrogens (tertiary/aromatic N) is 2. The summed E-state index contributed by atoms with van der Waals surface area (Å²) in [6.45, 7) is 3.66. The zero-order valence-corrected chi connectivity index (χ0v) is 11.7. The van der Waals surface area contributed by atoms with Gasteiger partial charge in [0.1, 0.15) is 17.5 Å². The monoisotopic (exact) mass is 265 g/mol. The van der Waals surface area contributed by atoms with Crippen LogP contribution in [0.15, 0.2) is 0 Å². The average Bonchev–Trinajstić information content (AvgIpc) is 3.24. The Labute approximate surface area is 114 Å². The molecule has 0 spiro atoms. The SMILES string of the molecule is COCCCCNc1nc(C2CC2)nc(NN)c1C. The van der Waals surface area contributed by atoms with Gasteiger partial charge >= 0.3 is 0 Å². The van der Waals surface area contributed by atoms with E-state index in [1.54, 1.807) is 7.11 Å². The van der Waals surface area contributed by atoms with E-state index in [-0.39, 0.29) is 0 Å². The molecule has 1 heterocycles. The molecule has 6 nitrogen and oxygen atoms in total. The summed E-state index contributed by atoms with van der Waals surface area (Å²) in [5, 5.41) is 3.37. The molecule has 0 radical (unpaired) electrons. The lowest BCUT2D eigenvalue weighted by Gasteiger charge is -2.13. The number of unbranched alkanes of at least 4 members (excludes halogenated alkanes) is 1. The van der Waals surface area contributed by atoms with E-state index < -0.39 is 0 Å². The van der Waals surface area contributed by atoms with Crippen LogP contribution in [0.4, 0.5) is 11.6 Å². The van der Waals surface area contributed by atoms with Crippen molar-refractivity contribution in [2.45, 2.75) is 38.5 Å². The molecule has 6 heteroatoms. The summed E-state index contributed by atoms with van der Waals surface area (Å²) >= 11 is 0. The van der Waals surface area contributed by atoms with Gasteiger partial charge in [-0.2, -0.15) is 0 Å². The Kier molecular flexibility index (Phi) is 4.93. The van der Waals surface area contributed by atoms with Crippen LogP contribution < -0.4 is 16.6 Å². The number of hydrazine groups is 1. The van der Waals surface area contributed by atoms with Gasteiger partial charge in [0, 0.05) is 31.7 Å². The number of hydrogen-bond acceptors (Lipinski definition) is 6. The number of nitrogen functional groups attached to an aromatic ring is 1. The Morgan fingerprint density at radius 2 is 2.00 bits per heavy atom. The van der Waals surface area contributed by atoms with Crippen molar-refractivity contribution in [3.05, 3.63) is 11.4 Å². The maximum atomic E-state index is 5.52. The highest BCUT2D eigenvalue weighted by molar-refractivity contribution is 5.57. The molecule has 0 aliphatic heterocycles. The third-order valence-corrected chi connectivity index (χ3v) is 3.31. The first kappa shape index (κ1) is 14.0. The molecule has 2 rings (SSSR count). The second-order valence-corrected chi connectivity index (χ2v) is 4.95. The van der Waals surface area contributed by atoms with Gasteiger partial charge in [-0.25, -0.2) is 15.8 Å². The van der Waals surface area contributed by atoms with E-state index >= 15 is 0 Å². The lowest BCUT2D eigenvalue weighted by Crippen LogP contribution is -2.15. The van der Waals surface area contributed by atoms with Crippen LogP contribution in [-0.2, 0) is 4.74 Å². The summed E-state index contributed by atoms with van der Waals surface area (Å²) in [7, 11) is 1.73. The van der Waals surface area contributed by atoms with E-state index in [0.29, 0.717) is 5.92 Å². The molecule has 0 amide bonds. The first-order chi connectivity index (χ1) is 9.26. The molecule has 0 bridgehead atoms. The lowest BCUT2D eigenvalue weighted by molar-refractivity contribution is 0.194. The van der Waals surface area contributed by atoms with Gasteiger partial charge in [0.05, 0.1) is 0 Å². The molecule has 4 N–H and O–H groups in total. The van der Waals surface area contributed by atoms with Crippen molar-refractivity contribution >= 4 is 11.6 Å². The van der Waals surface area contributed by atoms with Crippen LogP contribution in [-0.4, -0.2) is 30.2 Å². The second-order valence-electron chi connectivity index (χ2n) is 4.95. The number of methoxy groups -OCH3 is 1. The quantitative estimate of drug-likeness (QED) is 0.377. The summed E-state index contributed by atoms with van der Waals surface area (Å²) in [5.41, 5.74) is 3.63. The van der Waals surface area contributed by atoms with Gasteiger partial charge in [-0.1, -0.05) is 0 Å². The van der Waals surface area contributed by atoms with Crippen molar-refractivity contribution in [1.82, 2.24) is 9.97 Å². The number of nitrogens with one attached hydrogen (secondary N) is 2. The van der Waals surface area contributed by atoms with Crippen molar-refractivity contribution < 1.29 is 4.74 Å². The van der Waals surface area contributed by atoms with Crippen molar-refractivity contribution in [1.29, 1.82) is 0 Å². The highest BCUT2D eigenvalue weighted by Gasteiger charge is 2.28. The van der Waals surface area contributed by atoms with E-state index in [1.807, 2.05) is 6.92 Å². The second kappa shape index (κ2) is 6.68. The number of hydrogen-bond donors (Lipinski definition) is 3. The first-order valence-electron chi connectivity index (χ1n) is 6.84. The average molecular weight is 265 g/mol. The Balaban J connectivity index is 1.99. The van der Waals surface area contributed by atoms with Crippen LogP contribution in [0, 0.1) is 6.92 Å². The molecule has 1 saturated carbocycles. The van der Waals surface area contributed by atoms with E-state index in [1.165, 1.54) is 12.8 Å². The van der Waals surface area contributed by atoms with Crippen LogP contribution in [0.2, 0.25) is 0 Å². The summed E-state index contributed by atoms with van der Waals surface area (Å²) in [5.74, 6) is 8.54. The highest BCUT2D eigenvalue weighted by Crippen LogP contribution is 2.39. The zero-order chi connectivity index (χ0) is 13.7. The molecule has 1 fully saturated rings. The Morgan fingerprint density at radius 3 is 2.63 bits per heavy atom. The van der Waals surface area contributed by atoms with Gasteiger partial charge in [-0.3, -0.25) is 0 Å². The summed E-state index contributed by atoms with van der Waals surface area (Å²) in [6.07, 6.45) is 4.47. The fourth-order valence-corrected chi connectivity index (χ4v) is 1.95. The van der Waals surface area contributed by atoms with Gasteiger partial charge in [-0.15, -0.1) is 0 Å². The van der Waals surface area contributed by atoms with E-state index in [9.17, 15) is 0 Å². The molecule has 1 aromatic rings. The van der Waals surface area contributed by atoms with Crippen molar-refractivity contribution in [3.8, 4) is 0 Å². The van der Waals surface area contributed by atoms with Crippen molar-refractivity contribution in [3.63, 3.8) is 0 Å². The fourth-order valence-electron chi connectivity index (χ4n) is 1.95. The largest absolute Gasteiger partial charge is 0.385 e. The Morgan fingerprint density at radius 1 is 1.26 bits per heavy atom. The summed E-state index contributed by atoms with van der Waals surface area (Å²) in [4.78, 5) is 9.08. The van der Waals surface area contributed by atoms with Crippen LogP contribution >= 0.6 is 0 Å². The van der Waals surface area contributed by atoms with Gasteiger partial charge in [-0.05, 0) is 32.6 Å². The predicted molar refractivity (Wildman–Crippen MR) is 76.2 cm³/mol. The number of ether oxygens (including phenoxy) is 1. The van der Waals surface area contributed by atoms with Crippen molar-refractivity contribution in [2.24, 2.45) is 5.84 Å². The highest BCUT2D eigenvalue weighted by atomic mass is 16.5. The molecule has 0 unspecified atom stereocenters. The van der Waals surface area contributed by atoms with E-state index in [2.05, 4.69) is 20.7 Å². The minimum Gasteiger partial charge on any atom is -0.385 e. The maximum absolute atomic E-state index is 5.52. The van der Waals surface area contributed by atoms with Crippen LogP contribution in [0.25, 0.3) is 0 Å². The van der Waals surface area contributed by atoms with E-state index in [4.69, 9.17) is 10.6 Å². The van der Waals surface area contributed by atoms with Crippen LogP contribution in [0.3, 0.4) is 0 Å². The van der Waals surface area contributed by atoms with Crippen molar-refractivity contribution in [2.75, 3.05) is 31.0 Å². The minimum absolute atomic E-state index is 0.516. The summed E-state index contributed by atoms with van der Waals surface area (Å²) in [6, 6.07) is 0. The van der Waals surface area contributed by atoms with Gasteiger partial charge in [0.15, 0.2) is 0 Å². The normalized spacial score (nSPS) is 14.5. The van der Waals surface area contributed by atoms with Gasteiger partial charge < -0.3 is 15.5 Å². The first-order valence-corrected chi connectivity index (χ1v) is 6.84. The molecule has 106 valence electrons. The molecule has 1 aliphatic rings. The zero-order valence-electron chi connectivity index (χ0n) is 11.7. The smallest absolute Gasteiger partial charge is 0.148 e. The molecule has 0 saturated heterocycles. The Bertz CT molecular complexity index is 420. The lowest BCUT2D eigenvalue weighted by atomic mass is 10.2. The topological polar surface area (TPSA) is 85.1 Å². The molecule has 1 aliphatic carbocycles. The fraction of sp³-hybridized carbons (Fsp3) is 0.692. The standard InChI is InChI=1S/C13H23N5O/c1-9-11(15-7-3-4-8-19-2)16-13(10-5-6-10)17-12(9)18-14/h10H,3-8,14H2,1-2H3,(H2,15,16,17,18). The molecule has 1 aromatic heterocycles. The third kappa shape index (κ3) is 3.78. The predicted octanol–water partition coefficient (Wildman–Crippen LogP) is 1.79. The molecule has 19 heavy (non-hydrogen) atoms. The number of nitrogens with two attached hydrogens (primary N) is 1. The number of rotatable bonds is 8. The summed E-state index contributed by atoms with van der Waals surface area (Å²) < 4.78 is 5.03. The van der Waals surface area contributed by atoms with Crippen LogP contribution in [0.1, 0.15) is 43.0 Å². The molecule has 0 atom stereocenters. The Hall–Kier alpha value is -1.40. The number of anilines is 2. The van der Waals surface area contributed by atoms with Gasteiger partial charge in [0.25, 0.3) is 0 Å². The molecule has 0 aromatic carbocycles. The number of aromatic nitrogens is 2. The van der Waals surface area contributed by atoms with E-state index in [0.717, 1.165) is 49.0 Å². The van der Waals surface area contributed by atoms with Crippen LogP contribution in [0.5, 0.6) is 0 Å². The third-order valence-electron chi connectivity index (χ3n) is 3.31. The minimum atomic E-state index is 0.516. The molecular formula is C13H23N5O. The maximum Gasteiger partial charge on any atom is 0.148 e.